The zero-order valence-electron chi connectivity index (χ0n) is 9.34. The van der Waals surface area contributed by atoms with Crippen LogP contribution < -0.4 is 5.32 Å². The van der Waals surface area contributed by atoms with E-state index in [-0.39, 0.29) is 0 Å². The summed E-state index contributed by atoms with van der Waals surface area (Å²) in [4.78, 5) is 0. The van der Waals surface area contributed by atoms with E-state index < -0.39 is 0 Å². The van der Waals surface area contributed by atoms with Gasteiger partial charge < -0.3 is 5.32 Å². The number of rotatable bonds is 2. The maximum atomic E-state index is 3.79. The molecule has 1 nitrogen and oxygen atoms in total. The van der Waals surface area contributed by atoms with E-state index >= 15 is 0 Å². The van der Waals surface area contributed by atoms with Gasteiger partial charge >= 0.3 is 0 Å². The van der Waals surface area contributed by atoms with Gasteiger partial charge in [0.1, 0.15) is 0 Å². The molecule has 0 saturated heterocycles. The summed E-state index contributed by atoms with van der Waals surface area (Å²) in [5, 5.41) is 3.79. The zero-order valence-corrected chi connectivity index (χ0v) is 9.34. The highest BCUT2D eigenvalue weighted by Gasteiger charge is 2.20. The van der Waals surface area contributed by atoms with Crippen molar-refractivity contribution in [2.24, 2.45) is 5.92 Å². The Balaban J connectivity index is 1.74. The van der Waals surface area contributed by atoms with Crippen molar-refractivity contribution in [2.45, 2.75) is 64.0 Å². The first-order chi connectivity index (χ1) is 6.84. The van der Waals surface area contributed by atoms with Crippen LogP contribution in [0.4, 0.5) is 0 Å². The average Bonchev–Trinajstić information content (AvgIpc) is 2.23. The molecule has 0 spiro atoms. The molecule has 1 atom stereocenters. The topological polar surface area (TPSA) is 12.0 Å². The molecule has 1 fully saturated rings. The summed E-state index contributed by atoms with van der Waals surface area (Å²) in [6.45, 7) is 2.39. The van der Waals surface area contributed by atoms with E-state index in [1.807, 2.05) is 0 Å². The van der Waals surface area contributed by atoms with E-state index in [1.165, 1.54) is 44.9 Å². The van der Waals surface area contributed by atoms with Crippen LogP contribution in [-0.2, 0) is 0 Å². The molecule has 0 aliphatic heterocycles. The summed E-state index contributed by atoms with van der Waals surface area (Å²) in [6.07, 6.45) is 14.4. The number of allylic oxidation sites excluding steroid dienone is 1. The Bertz CT molecular complexity index is 189. The van der Waals surface area contributed by atoms with E-state index in [1.54, 1.807) is 0 Å². The van der Waals surface area contributed by atoms with Crippen molar-refractivity contribution in [3.8, 4) is 0 Å². The van der Waals surface area contributed by atoms with Crippen LogP contribution in [-0.4, -0.2) is 12.1 Å². The summed E-state index contributed by atoms with van der Waals surface area (Å²) in [7, 11) is 0. The minimum Gasteiger partial charge on any atom is -0.308 e. The largest absolute Gasteiger partial charge is 0.308 e. The summed E-state index contributed by atoms with van der Waals surface area (Å²) in [6, 6.07) is 1.49. The normalized spacial score (nSPS) is 38.5. The molecule has 1 N–H and O–H groups in total. The highest BCUT2D eigenvalue weighted by atomic mass is 14.9. The highest BCUT2D eigenvalue weighted by molar-refractivity contribution is 4.98. The molecule has 14 heavy (non-hydrogen) atoms. The second-order valence-electron chi connectivity index (χ2n) is 5.09. The molecule has 0 aromatic carbocycles. The number of hydrogen-bond acceptors (Lipinski definition) is 1. The van der Waals surface area contributed by atoms with E-state index in [9.17, 15) is 0 Å². The van der Waals surface area contributed by atoms with Gasteiger partial charge in [0.25, 0.3) is 0 Å². The lowest BCUT2D eigenvalue weighted by Crippen LogP contribution is -2.39. The molecule has 2 rings (SSSR count). The van der Waals surface area contributed by atoms with Crippen molar-refractivity contribution in [1.82, 2.24) is 5.32 Å². The second kappa shape index (κ2) is 4.97. The zero-order chi connectivity index (χ0) is 9.80. The molecule has 1 saturated carbocycles. The Morgan fingerprint density at radius 3 is 2.50 bits per heavy atom. The van der Waals surface area contributed by atoms with Crippen molar-refractivity contribution in [3.05, 3.63) is 12.2 Å². The van der Waals surface area contributed by atoms with Crippen molar-refractivity contribution in [2.75, 3.05) is 0 Å². The molecule has 0 amide bonds. The lowest BCUT2D eigenvalue weighted by Gasteiger charge is -2.30. The fourth-order valence-electron chi connectivity index (χ4n) is 2.68. The molecule has 0 bridgehead atoms. The van der Waals surface area contributed by atoms with Crippen molar-refractivity contribution in [1.29, 1.82) is 0 Å². The SMILES string of the molecule is CC1CCC(NC2C=CCCC2)CC1. The number of nitrogens with one attached hydrogen (secondary N) is 1. The maximum absolute atomic E-state index is 3.79. The van der Waals surface area contributed by atoms with E-state index in [0.29, 0.717) is 6.04 Å². The molecule has 1 unspecified atom stereocenters. The summed E-state index contributed by atoms with van der Waals surface area (Å²) < 4.78 is 0. The monoisotopic (exact) mass is 193 g/mol. The van der Waals surface area contributed by atoms with E-state index in [0.717, 1.165) is 12.0 Å². The summed E-state index contributed by atoms with van der Waals surface area (Å²) in [5.74, 6) is 0.968. The van der Waals surface area contributed by atoms with Crippen molar-refractivity contribution < 1.29 is 0 Å². The molecule has 0 radical (unpaired) electrons. The van der Waals surface area contributed by atoms with Gasteiger partial charge in [-0.15, -0.1) is 0 Å². The Kier molecular flexibility index (Phi) is 3.63. The van der Waals surface area contributed by atoms with Crippen LogP contribution >= 0.6 is 0 Å². The lowest BCUT2D eigenvalue weighted by molar-refractivity contribution is 0.291. The van der Waals surface area contributed by atoms with Gasteiger partial charge in [-0.05, 0) is 50.9 Å². The molecule has 2 aliphatic carbocycles. The number of hydrogen-bond donors (Lipinski definition) is 1. The third kappa shape index (κ3) is 2.84. The summed E-state index contributed by atoms with van der Waals surface area (Å²) in [5.41, 5.74) is 0. The van der Waals surface area contributed by atoms with Crippen molar-refractivity contribution in [3.63, 3.8) is 0 Å². The van der Waals surface area contributed by atoms with Crippen LogP contribution in [0.5, 0.6) is 0 Å². The molecule has 0 aromatic rings. The van der Waals surface area contributed by atoms with Gasteiger partial charge in [0.2, 0.25) is 0 Å². The van der Waals surface area contributed by atoms with Gasteiger partial charge in [-0.1, -0.05) is 19.1 Å². The standard InChI is InChI=1S/C13H23N/c1-11-7-9-13(10-8-11)14-12-5-3-2-4-6-12/h3,5,11-14H,2,4,6-10H2,1H3. The van der Waals surface area contributed by atoms with Crippen LogP contribution in [0.15, 0.2) is 12.2 Å². The van der Waals surface area contributed by atoms with E-state index in [2.05, 4.69) is 24.4 Å². The van der Waals surface area contributed by atoms with Crippen LogP contribution in [0.25, 0.3) is 0 Å². The van der Waals surface area contributed by atoms with Crippen LogP contribution in [0.3, 0.4) is 0 Å². The van der Waals surface area contributed by atoms with Gasteiger partial charge in [0.15, 0.2) is 0 Å². The minimum atomic E-state index is 0.683. The smallest absolute Gasteiger partial charge is 0.0252 e. The molecule has 0 aromatic heterocycles. The first-order valence-corrected chi connectivity index (χ1v) is 6.27. The third-order valence-electron chi connectivity index (χ3n) is 3.72. The van der Waals surface area contributed by atoms with Gasteiger partial charge in [0, 0.05) is 12.1 Å². The highest BCUT2D eigenvalue weighted by Crippen LogP contribution is 2.24. The fourth-order valence-corrected chi connectivity index (χ4v) is 2.68. The molecular weight excluding hydrogens is 170 g/mol. The van der Waals surface area contributed by atoms with Gasteiger partial charge in [-0.25, -0.2) is 0 Å². The Morgan fingerprint density at radius 2 is 1.86 bits per heavy atom. The Morgan fingerprint density at radius 1 is 1.07 bits per heavy atom. The fraction of sp³-hybridized carbons (Fsp3) is 0.846. The summed E-state index contributed by atoms with van der Waals surface area (Å²) >= 11 is 0. The predicted molar refractivity (Wildman–Crippen MR) is 61.3 cm³/mol. The average molecular weight is 193 g/mol. The molecule has 1 heteroatoms. The van der Waals surface area contributed by atoms with Gasteiger partial charge in [-0.2, -0.15) is 0 Å². The predicted octanol–water partition coefficient (Wildman–Crippen LogP) is 3.26. The van der Waals surface area contributed by atoms with Crippen LogP contribution in [0, 0.1) is 5.92 Å². The maximum Gasteiger partial charge on any atom is 0.0252 e. The molecule has 80 valence electrons. The Labute approximate surface area is 88.0 Å². The molecule has 0 heterocycles. The Hall–Kier alpha value is -0.300. The van der Waals surface area contributed by atoms with Crippen LogP contribution in [0.1, 0.15) is 51.9 Å². The first-order valence-electron chi connectivity index (χ1n) is 6.27. The van der Waals surface area contributed by atoms with Crippen molar-refractivity contribution >= 4 is 0 Å². The van der Waals surface area contributed by atoms with E-state index in [4.69, 9.17) is 0 Å². The molecular formula is C13H23N. The van der Waals surface area contributed by atoms with Gasteiger partial charge in [0.05, 0.1) is 0 Å². The second-order valence-corrected chi connectivity index (χ2v) is 5.09. The van der Waals surface area contributed by atoms with Crippen LogP contribution in [0.2, 0.25) is 0 Å². The molecule has 2 aliphatic rings. The quantitative estimate of drug-likeness (QED) is 0.664. The lowest BCUT2D eigenvalue weighted by atomic mass is 9.86. The third-order valence-corrected chi connectivity index (χ3v) is 3.72. The minimum absolute atomic E-state index is 0.683. The first kappa shape index (κ1) is 10.2. The van der Waals surface area contributed by atoms with Gasteiger partial charge in [-0.3, -0.25) is 0 Å².